The third kappa shape index (κ3) is 19.1. The summed E-state index contributed by atoms with van der Waals surface area (Å²) >= 11 is 0. The van der Waals surface area contributed by atoms with Crippen molar-refractivity contribution in [3.63, 3.8) is 0 Å². The van der Waals surface area contributed by atoms with E-state index >= 15 is 0 Å². The van der Waals surface area contributed by atoms with Crippen LogP contribution in [0.3, 0.4) is 0 Å². The molecule has 0 bridgehead atoms. The molecule has 6 nitrogen and oxygen atoms in total. The van der Waals surface area contributed by atoms with Gasteiger partial charge < -0.3 is 9.47 Å². The molecular weight excluding hydrogens is 531 g/mol. The van der Waals surface area contributed by atoms with Crippen LogP contribution in [0.5, 0.6) is 0 Å². The standard InChI is InChI=1S/C27H43FN2O4.C4H8.C4H10/c1-18(25(3,4)5)15-21-19(2)30-22(16-29-21)23(31)14-12-11-13-20(17-33-27(9,10)28)24(32)34-26(6,7)8;1-2-4-3-1;1-3-4-2/h15-16,20H,11-14,17H2,1-10H3;1-4H2;3-4H2,1-2H3/b18-15+;;. The molecule has 1 saturated carbocycles. The van der Waals surface area contributed by atoms with Crippen LogP contribution in [0.15, 0.2) is 11.8 Å². The molecule has 2 rings (SSSR count). The van der Waals surface area contributed by atoms with Crippen molar-refractivity contribution in [3.05, 3.63) is 28.9 Å². The molecule has 1 unspecified atom stereocenters. The molecule has 42 heavy (non-hydrogen) atoms. The maximum absolute atomic E-state index is 13.8. The fourth-order valence-corrected chi connectivity index (χ4v) is 3.20. The minimum Gasteiger partial charge on any atom is -0.460 e. The van der Waals surface area contributed by atoms with Crippen molar-refractivity contribution in [1.82, 2.24) is 9.97 Å². The quantitative estimate of drug-likeness (QED) is 0.136. The zero-order valence-corrected chi connectivity index (χ0v) is 28.9. The molecule has 0 N–H and O–H groups in total. The van der Waals surface area contributed by atoms with Crippen molar-refractivity contribution in [2.45, 2.75) is 159 Å². The SMILES string of the molecule is C/C(=C\c1ncc(C(=O)CCCCC(COC(C)(C)F)C(=O)OC(C)(C)C)nc1C)C(C)(C)C.C1CCC1.CCCC. The van der Waals surface area contributed by atoms with E-state index in [1.54, 1.807) is 20.8 Å². The van der Waals surface area contributed by atoms with Crippen LogP contribution in [0.25, 0.3) is 6.08 Å². The van der Waals surface area contributed by atoms with Gasteiger partial charge in [0.25, 0.3) is 0 Å². The first-order chi connectivity index (χ1) is 19.3. The van der Waals surface area contributed by atoms with Crippen LogP contribution in [-0.4, -0.2) is 39.8 Å². The molecule has 0 aromatic carbocycles. The number of hydrogen-bond donors (Lipinski definition) is 0. The number of ketones is 1. The van der Waals surface area contributed by atoms with Crippen LogP contribution < -0.4 is 0 Å². The van der Waals surface area contributed by atoms with Gasteiger partial charge in [0.1, 0.15) is 11.3 Å². The van der Waals surface area contributed by atoms with Crippen LogP contribution in [0.2, 0.25) is 0 Å². The Balaban J connectivity index is 0.00000182. The first kappa shape index (κ1) is 39.8. The summed E-state index contributed by atoms with van der Waals surface area (Å²) in [4.78, 5) is 34.0. The summed E-state index contributed by atoms with van der Waals surface area (Å²) in [5, 5.41) is 0. The van der Waals surface area contributed by atoms with Gasteiger partial charge in [-0.3, -0.25) is 14.6 Å². The molecule has 1 heterocycles. The average Bonchev–Trinajstić information content (AvgIpc) is 2.81. The Morgan fingerprint density at radius 3 is 1.93 bits per heavy atom. The minimum atomic E-state index is -1.83. The third-order valence-electron chi connectivity index (χ3n) is 6.88. The average molecular weight is 593 g/mol. The number of aryl methyl sites for hydroxylation is 1. The zero-order valence-electron chi connectivity index (χ0n) is 28.9. The van der Waals surface area contributed by atoms with E-state index in [1.165, 1.54) is 64.1 Å². The van der Waals surface area contributed by atoms with Gasteiger partial charge in [-0.25, -0.2) is 9.37 Å². The molecule has 0 saturated heterocycles. The van der Waals surface area contributed by atoms with E-state index in [4.69, 9.17) is 9.47 Å². The van der Waals surface area contributed by atoms with Crippen molar-refractivity contribution in [2.75, 3.05) is 6.61 Å². The van der Waals surface area contributed by atoms with Gasteiger partial charge in [-0.2, -0.15) is 0 Å². The smallest absolute Gasteiger partial charge is 0.311 e. The van der Waals surface area contributed by atoms with Gasteiger partial charge in [-0.15, -0.1) is 0 Å². The molecule has 0 aliphatic heterocycles. The minimum absolute atomic E-state index is 0.0325. The van der Waals surface area contributed by atoms with Crippen LogP contribution in [0, 0.1) is 18.3 Å². The van der Waals surface area contributed by atoms with Crippen molar-refractivity contribution in [3.8, 4) is 0 Å². The predicted octanol–water partition coefficient (Wildman–Crippen LogP) is 10.0. The zero-order chi connectivity index (χ0) is 32.6. The lowest BCUT2D eigenvalue weighted by atomic mass is 9.87. The number of ether oxygens (including phenoxy) is 2. The maximum Gasteiger partial charge on any atom is 0.311 e. The highest BCUT2D eigenvalue weighted by Gasteiger charge is 2.28. The number of halogens is 1. The highest BCUT2D eigenvalue weighted by Crippen LogP contribution is 2.26. The normalized spacial score (nSPS) is 14.5. The van der Waals surface area contributed by atoms with E-state index in [0.29, 0.717) is 37.1 Å². The second-order valence-corrected chi connectivity index (χ2v) is 13.8. The Labute approximate surface area is 256 Å². The van der Waals surface area contributed by atoms with E-state index in [1.807, 2.05) is 13.0 Å². The molecule has 242 valence electrons. The van der Waals surface area contributed by atoms with E-state index in [9.17, 15) is 14.0 Å². The molecule has 0 amide bonds. The lowest BCUT2D eigenvalue weighted by Gasteiger charge is -2.25. The van der Waals surface area contributed by atoms with E-state index in [-0.39, 0.29) is 17.8 Å². The summed E-state index contributed by atoms with van der Waals surface area (Å²) < 4.78 is 24.4. The molecule has 1 atom stereocenters. The highest BCUT2D eigenvalue weighted by molar-refractivity contribution is 5.94. The number of hydrogen-bond acceptors (Lipinski definition) is 6. The molecule has 1 aliphatic carbocycles. The maximum atomic E-state index is 13.8. The number of allylic oxidation sites excluding steroid dienone is 1. The van der Waals surface area contributed by atoms with Crippen LogP contribution >= 0.6 is 0 Å². The molecule has 1 fully saturated rings. The lowest BCUT2D eigenvalue weighted by molar-refractivity contribution is -0.171. The number of esters is 1. The monoisotopic (exact) mass is 592 g/mol. The van der Waals surface area contributed by atoms with E-state index in [0.717, 1.165) is 5.69 Å². The number of carbonyl (C=O) groups excluding carboxylic acids is 2. The molecule has 1 aromatic rings. The van der Waals surface area contributed by atoms with Crippen LogP contribution in [-0.2, 0) is 14.3 Å². The number of carbonyl (C=O) groups is 2. The van der Waals surface area contributed by atoms with E-state index < -0.39 is 23.3 Å². The summed E-state index contributed by atoms with van der Waals surface area (Å²) in [6.07, 6.45) is 14.1. The van der Waals surface area contributed by atoms with Crippen LogP contribution in [0.4, 0.5) is 4.39 Å². The summed E-state index contributed by atoms with van der Waals surface area (Å²) in [5.41, 5.74) is 2.40. The van der Waals surface area contributed by atoms with Gasteiger partial charge in [0.05, 0.1) is 30.1 Å². The third-order valence-corrected chi connectivity index (χ3v) is 6.88. The first-order valence-electron chi connectivity index (χ1n) is 15.9. The van der Waals surface area contributed by atoms with Gasteiger partial charge in [0.15, 0.2) is 5.78 Å². The molecule has 1 aromatic heterocycles. The summed E-state index contributed by atoms with van der Waals surface area (Å²) in [7, 11) is 0. The fraction of sp³-hybridized carbons (Fsp3) is 0.771. The van der Waals surface area contributed by atoms with Crippen molar-refractivity contribution >= 4 is 17.8 Å². The molecule has 0 radical (unpaired) electrons. The summed E-state index contributed by atoms with van der Waals surface area (Å²) in [6.45, 7) is 22.6. The Morgan fingerprint density at radius 2 is 1.52 bits per heavy atom. The topological polar surface area (TPSA) is 78.4 Å². The number of aromatic nitrogens is 2. The van der Waals surface area contributed by atoms with Gasteiger partial charge >= 0.3 is 5.97 Å². The van der Waals surface area contributed by atoms with Crippen molar-refractivity contribution < 1.29 is 23.5 Å². The number of unbranched alkanes of at least 4 members (excludes halogenated alkanes) is 2. The Bertz CT molecular complexity index is 959. The van der Waals surface area contributed by atoms with Crippen molar-refractivity contribution in [2.24, 2.45) is 11.3 Å². The van der Waals surface area contributed by atoms with Gasteiger partial charge in [-0.05, 0) is 72.8 Å². The second-order valence-electron chi connectivity index (χ2n) is 13.8. The fourth-order valence-electron chi connectivity index (χ4n) is 3.20. The predicted molar refractivity (Wildman–Crippen MR) is 172 cm³/mol. The van der Waals surface area contributed by atoms with Crippen molar-refractivity contribution in [1.29, 1.82) is 0 Å². The molecule has 1 aliphatic rings. The number of alkyl halides is 1. The van der Waals surface area contributed by atoms with E-state index in [2.05, 4.69) is 51.5 Å². The molecule has 7 heteroatoms. The van der Waals surface area contributed by atoms with Gasteiger partial charge in [-0.1, -0.05) is 85.1 Å². The Morgan fingerprint density at radius 1 is 0.976 bits per heavy atom. The first-order valence-corrected chi connectivity index (χ1v) is 15.9. The van der Waals surface area contributed by atoms with Gasteiger partial charge in [0, 0.05) is 6.42 Å². The Hall–Kier alpha value is -2.15. The molecular formula is C35H61FN2O4. The largest absolute Gasteiger partial charge is 0.460 e. The second kappa shape index (κ2) is 19.2. The van der Waals surface area contributed by atoms with Crippen LogP contribution in [0.1, 0.15) is 162 Å². The molecule has 0 spiro atoms. The summed E-state index contributed by atoms with van der Waals surface area (Å²) in [6, 6.07) is 0. The number of nitrogens with zero attached hydrogens (tertiary/aromatic N) is 2. The lowest BCUT2D eigenvalue weighted by Crippen LogP contribution is -2.33. The highest BCUT2D eigenvalue weighted by atomic mass is 19.2. The Kier molecular flexibility index (Phi) is 18.2. The summed E-state index contributed by atoms with van der Waals surface area (Å²) in [5.74, 6) is -2.93. The van der Waals surface area contributed by atoms with Gasteiger partial charge in [0.2, 0.25) is 5.85 Å². The number of Topliss-reactive ketones (excluding diaryl/α,β-unsaturated/α-hetero) is 1. The number of rotatable bonds is 12.